The van der Waals surface area contributed by atoms with Crippen LogP contribution in [0.25, 0.3) is 0 Å². The molecule has 16 heavy (non-hydrogen) atoms. The number of nitrogens with two attached hydrogens (primary N) is 1. The minimum atomic E-state index is -0.453. The van der Waals surface area contributed by atoms with Gasteiger partial charge in [-0.2, -0.15) is 11.8 Å². The smallest absolute Gasteiger partial charge is 0.237 e. The molecule has 98 valence electrons. The lowest BCUT2D eigenvalue weighted by molar-refractivity contribution is -0.122. The number of carbonyl (C=O) groups is 1. The summed E-state index contributed by atoms with van der Waals surface area (Å²) < 4.78 is 0. The predicted molar refractivity (Wildman–Crippen MR) is 72.1 cm³/mol. The van der Waals surface area contributed by atoms with Crippen LogP contribution in [0.5, 0.6) is 0 Å². The van der Waals surface area contributed by atoms with Crippen LogP contribution in [-0.2, 0) is 4.79 Å². The zero-order valence-electron chi connectivity index (χ0n) is 9.94. The Morgan fingerprint density at radius 3 is 2.62 bits per heavy atom. The molecule has 0 saturated heterocycles. The molecule has 0 aromatic rings. The molecule has 1 unspecified atom stereocenters. The van der Waals surface area contributed by atoms with Crippen LogP contribution in [0.3, 0.4) is 0 Å². The van der Waals surface area contributed by atoms with Gasteiger partial charge in [0.2, 0.25) is 5.91 Å². The minimum Gasteiger partial charge on any atom is -0.391 e. The van der Waals surface area contributed by atoms with Crippen molar-refractivity contribution in [2.45, 2.75) is 38.3 Å². The molecule has 0 rings (SSSR count). The lowest BCUT2D eigenvalue weighted by Gasteiger charge is -2.14. The van der Waals surface area contributed by atoms with Gasteiger partial charge < -0.3 is 16.2 Å². The largest absolute Gasteiger partial charge is 0.391 e. The third kappa shape index (κ3) is 9.27. The number of aliphatic hydroxyl groups excluding tert-OH is 1. The van der Waals surface area contributed by atoms with Crippen LogP contribution in [0.1, 0.15) is 26.2 Å². The molecule has 1 amide bonds. The van der Waals surface area contributed by atoms with Crippen molar-refractivity contribution >= 4 is 30.1 Å². The Kier molecular flexibility index (Phi) is 13.2. The predicted octanol–water partition coefficient (Wildman–Crippen LogP) is 0.766. The number of halogens is 1. The van der Waals surface area contributed by atoms with Gasteiger partial charge in [0.05, 0.1) is 12.1 Å². The highest BCUT2D eigenvalue weighted by molar-refractivity contribution is 7.98. The van der Waals surface area contributed by atoms with Crippen molar-refractivity contribution in [3.05, 3.63) is 0 Å². The maximum absolute atomic E-state index is 11.4. The van der Waals surface area contributed by atoms with E-state index in [9.17, 15) is 9.90 Å². The molecular formula is C10H23ClN2O2S. The van der Waals surface area contributed by atoms with Crippen LogP contribution in [0.15, 0.2) is 0 Å². The fourth-order valence-electron chi connectivity index (χ4n) is 1.16. The van der Waals surface area contributed by atoms with Crippen LogP contribution in [0.4, 0.5) is 0 Å². The molecule has 2 atom stereocenters. The summed E-state index contributed by atoms with van der Waals surface area (Å²) in [5.74, 6) is 0.714. The SMILES string of the molecule is CCCC(O)CNC(=O)[C@@H](N)CCSC.Cl. The molecule has 0 spiro atoms. The van der Waals surface area contributed by atoms with E-state index < -0.39 is 12.1 Å². The van der Waals surface area contributed by atoms with Gasteiger partial charge in [-0.1, -0.05) is 13.3 Å². The quantitative estimate of drug-likeness (QED) is 0.609. The third-order valence-electron chi connectivity index (χ3n) is 2.10. The van der Waals surface area contributed by atoms with Gasteiger partial charge in [-0.3, -0.25) is 4.79 Å². The first-order valence-electron chi connectivity index (χ1n) is 5.32. The van der Waals surface area contributed by atoms with Gasteiger partial charge in [0.25, 0.3) is 0 Å². The molecule has 0 bridgehead atoms. The van der Waals surface area contributed by atoms with Crippen molar-refractivity contribution in [2.75, 3.05) is 18.6 Å². The molecule has 0 aliphatic carbocycles. The second-order valence-corrected chi connectivity index (χ2v) is 4.56. The van der Waals surface area contributed by atoms with Gasteiger partial charge in [-0.25, -0.2) is 0 Å². The molecule has 6 heteroatoms. The van der Waals surface area contributed by atoms with Crippen LogP contribution in [0.2, 0.25) is 0 Å². The first-order valence-corrected chi connectivity index (χ1v) is 6.71. The second kappa shape index (κ2) is 11.5. The average Bonchev–Trinajstić information content (AvgIpc) is 2.22. The summed E-state index contributed by atoms with van der Waals surface area (Å²) in [4.78, 5) is 11.4. The standard InChI is InChI=1S/C10H22N2O2S.ClH/c1-3-4-8(13)7-12-10(14)9(11)5-6-15-2;/h8-9,13H,3-7,11H2,1-2H3,(H,12,14);1H/t8?,9-;/m0./s1. The lowest BCUT2D eigenvalue weighted by atomic mass is 10.2. The normalized spacial score (nSPS) is 13.8. The van der Waals surface area contributed by atoms with Gasteiger partial charge in [-0.05, 0) is 24.9 Å². The van der Waals surface area contributed by atoms with E-state index in [0.29, 0.717) is 19.4 Å². The molecule has 0 aliphatic heterocycles. The number of nitrogens with one attached hydrogen (secondary N) is 1. The Bertz CT molecular complexity index is 184. The van der Waals surface area contributed by atoms with E-state index in [0.717, 1.165) is 12.2 Å². The zero-order valence-corrected chi connectivity index (χ0v) is 11.6. The Morgan fingerprint density at radius 1 is 1.50 bits per heavy atom. The van der Waals surface area contributed by atoms with Crippen molar-refractivity contribution in [1.29, 1.82) is 0 Å². The number of rotatable bonds is 8. The molecule has 0 aliphatic rings. The van der Waals surface area contributed by atoms with E-state index in [-0.39, 0.29) is 18.3 Å². The summed E-state index contributed by atoms with van der Waals surface area (Å²) in [6.07, 6.45) is 3.83. The Balaban J connectivity index is 0. The van der Waals surface area contributed by atoms with E-state index in [4.69, 9.17) is 5.73 Å². The number of amides is 1. The molecule has 4 N–H and O–H groups in total. The van der Waals surface area contributed by atoms with Crippen LogP contribution >= 0.6 is 24.2 Å². The Hall–Kier alpha value is 0.0300. The van der Waals surface area contributed by atoms with Crippen molar-refractivity contribution < 1.29 is 9.90 Å². The Morgan fingerprint density at radius 2 is 2.12 bits per heavy atom. The number of thioether (sulfide) groups is 1. The van der Waals surface area contributed by atoms with E-state index in [2.05, 4.69) is 5.32 Å². The minimum absolute atomic E-state index is 0. The number of hydrogen-bond acceptors (Lipinski definition) is 4. The maximum atomic E-state index is 11.4. The first kappa shape index (κ1) is 18.4. The summed E-state index contributed by atoms with van der Waals surface area (Å²) in [7, 11) is 0. The summed E-state index contributed by atoms with van der Waals surface area (Å²) in [6, 6.07) is -0.453. The summed E-state index contributed by atoms with van der Waals surface area (Å²) in [6.45, 7) is 2.30. The fourth-order valence-corrected chi connectivity index (χ4v) is 1.65. The lowest BCUT2D eigenvalue weighted by Crippen LogP contribution is -2.43. The summed E-state index contributed by atoms with van der Waals surface area (Å²) in [5.41, 5.74) is 5.66. The van der Waals surface area contributed by atoms with Gasteiger partial charge >= 0.3 is 0 Å². The highest BCUT2D eigenvalue weighted by Gasteiger charge is 2.13. The van der Waals surface area contributed by atoms with Gasteiger partial charge in [0.1, 0.15) is 0 Å². The second-order valence-electron chi connectivity index (χ2n) is 3.58. The zero-order chi connectivity index (χ0) is 11.7. The maximum Gasteiger partial charge on any atom is 0.237 e. The molecule has 4 nitrogen and oxygen atoms in total. The third-order valence-corrected chi connectivity index (χ3v) is 2.75. The summed E-state index contributed by atoms with van der Waals surface area (Å²) in [5, 5.41) is 12.0. The van der Waals surface area contributed by atoms with Crippen molar-refractivity contribution in [3.63, 3.8) is 0 Å². The van der Waals surface area contributed by atoms with E-state index in [1.54, 1.807) is 11.8 Å². The number of carbonyl (C=O) groups excluding carboxylic acids is 1. The number of aliphatic hydroxyl groups is 1. The first-order chi connectivity index (χ1) is 7.11. The topological polar surface area (TPSA) is 75.3 Å². The van der Waals surface area contributed by atoms with Gasteiger partial charge in [0.15, 0.2) is 0 Å². The Labute approximate surface area is 108 Å². The molecule has 0 saturated carbocycles. The van der Waals surface area contributed by atoms with Crippen molar-refractivity contribution in [1.82, 2.24) is 5.32 Å². The fraction of sp³-hybridized carbons (Fsp3) is 0.900. The molecule has 0 aromatic carbocycles. The molecule has 0 fully saturated rings. The average molecular weight is 271 g/mol. The van der Waals surface area contributed by atoms with Crippen LogP contribution < -0.4 is 11.1 Å². The number of hydrogen-bond donors (Lipinski definition) is 3. The van der Waals surface area contributed by atoms with Crippen molar-refractivity contribution in [2.24, 2.45) is 5.73 Å². The molecule has 0 radical (unpaired) electrons. The van der Waals surface area contributed by atoms with E-state index >= 15 is 0 Å². The molecule has 0 heterocycles. The van der Waals surface area contributed by atoms with Gasteiger partial charge in [-0.15, -0.1) is 12.4 Å². The van der Waals surface area contributed by atoms with Crippen LogP contribution in [0, 0.1) is 0 Å². The summed E-state index contributed by atoms with van der Waals surface area (Å²) >= 11 is 1.67. The monoisotopic (exact) mass is 270 g/mol. The molecular weight excluding hydrogens is 248 g/mol. The molecule has 0 aromatic heterocycles. The van der Waals surface area contributed by atoms with E-state index in [1.807, 2.05) is 13.2 Å². The van der Waals surface area contributed by atoms with Gasteiger partial charge in [0, 0.05) is 6.54 Å². The van der Waals surface area contributed by atoms with Crippen molar-refractivity contribution in [3.8, 4) is 0 Å². The van der Waals surface area contributed by atoms with Crippen LogP contribution in [-0.4, -0.2) is 41.7 Å². The van der Waals surface area contributed by atoms with E-state index in [1.165, 1.54) is 0 Å². The highest BCUT2D eigenvalue weighted by Crippen LogP contribution is 1.99. The highest BCUT2D eigenvalue weighted by atomic mass is 35.5.